The number of pyridine rings is 3. The Bertz CT molecular complexity index is 2490. The SMILES string of the molecule is c1cc2c3c(c1)-c1cccc[n+]1C31c3c(ccc4c5nc6ccccc6cc5n5c6ccccc6[n+]1c5c34)O2. The molecule has 5 nitrogen and oxygen atoms in total. The third-order valence-corrected chi connectivity index (χ3v) is 9.13. The molecule has 5 heteroatoms. The van der Waals surface area contributed by atoms with Crippen molar-refractivity contribution in [1.82, 2.24) is 9.38 Å². The fraction of sp³-hybridized carbons (Fsp3) is 0.0294. The summed E-state index contributed by atoms with van der Waals surface area (Å²) in [5.41, 5.74) is 10.9. The van der Waals surface area contributed by atoms with Crippen molar-refractivity contribution in [1.29, 1.82) is 0 Å². The largest absolute Gasteiger partial charge is 0.456 e. The van der Waals surface area contributed by atoms with Crippen molar-refractivity contribution in [2.45, 2.75) is 5.66 Å². The Morgan fingerprint density at radius 1 is 0.744 bits per heavy atom. The number of imidazole rings is 1. The molecule has 1 unspecified atom stereocenters. The quantitative estimate of drug-likeness (QED) is 0.141. The van der Waals surface area contributed by atoms with Crippen LogP contribution < -0.4 is 13.9 Å². The standard InChI is InChI=1S/C34H18N4O/c1-2-10-22-19(8-1)18-26-32(35-22)21-15-16-28-31-29(21)33-37(26)24-12-3-4-13-25(24)38(33)34(31)30-20(9-7-14-27(30)39-28)23-11-5-6-17-36(23)34/h1-18H/q+2. The Morgan fingerprint density at radius 2 is 1.62 bits per heavy atom. The van der Waals surface area contributed by atoms with E-state index in [1.165, 1.54) is 44.5 Å². The van der Waals surface area contributed by atoms with Gasteiger partial charge in [0, 0.05) is 22.9 Å². The third kappa shape index (κ3) is 1.81. The summed E-state index contributed by atoms with van der Waals surface area (Å²) in [6.07, 6.45) is 2.23. The first-order chi connectivity index (χ1) is 19.4. The summed E-state index contributed by atoms with van der Waals surface area (Å²) in [5.74, 6) is 1.83. The van der Waals surface area contributed by atoms with Crippen LogP contribution in [0.3, 0.4) is 0 Å². The second-order valence-corrected chi connectivity index (χ2v) is 10.8. The molecule has 3 aliphatic rings. The van der Waals surface area contributed by atoms with E-state index in [0.717, 1.165) is 38.8 Å². The van der Waals surface area contributed by atoms with Crippen LogP contribution in [-0.4, -0.2) is 9.38 Å². The van der Waals surface area contributed by atoms with Gasteiger partial charge in [-0.15, -0.1) is 9.13 Å². The molecule has 3 aliphatic heterocycles. The molecule has 4 aromatic carbocycles. The van der Waals surface area contributed by atoms with Crippen LogP contribution in [-0.2, 0) is 5.66 Å². The number of rotatable bonds is 0. The molecule has 0 aliphatic carbocycles. The number of fused-ring (bicyclic) bond motifs is 9. The van der Waals surface area contributed by atoms with Gasteiger partial charge in [0.25, 0.3) is 0 Å². The van der Waals surface area contributed by atoms with Gasteiger partial charge in [-0.1, -0.05) is 36.4 Å². The molecule has 7 heterocycles. The predicted octanol–water partition coefficient (Wildman–Crippen LogP) is 6.22. The van der Waals surface area contributed by atoms with Crippen molar-refractivity contribution in [2.75, 3.05) is 0 Å². The van der Waals surface area contributed by atoms with Crippen LogP contribution in [0.2, 0.25) is 0 Å². The molecule has 0 saturated carbocycles. The average Bonchev–Trinajstić information content (AvgIpc) is 3.60. The molecule has 0 bridgehead atoms. The summed E-state index contributed by atoms with van der Waals surface area (Å²) < 4.78 is 14.2. The van der Waals surface area contributed by atoms with E-state index in [1.807, 2.05) is 0 Å². The Hall–Kier alpha value is -5.29. The van der Waals surface area contributed by atoms with E-state index >= 15 is 0 Å². The van der Waals surface area contributed by atoms with Crippen LogP contribution in [0.25, 0.3) is 60.6 Å². The normalized spacial score (nSPS) is 17.5. The maximum atomic E-state index is 6.72. The van der Waals surface area contributed by atoms with Crippen molar-refractivity contribution in [3.63, 3.8) is 0 Å². The molecule has 11 rings (SSSR count). The molecule has 8 aromatic rings. The second-order valence-electron chi connectivity index (χ2n) is 10.8. The minimum Gasteiger partial charge on any atom is -0.456 e. The van der Waals surface area contributed by atoms with Crippen LogP contribution in [0, 0.1) is 0 Å². The molecule has 4 aromatic heterocycles. The topological polar surface area (TPSA) is 34.3 Å². The van der Waals surface area contributed by atoms with Gasteiger partial charge < -0.3 is 4.74 Å². The molecule has 39 heavy (non-hydrogen) atoms. The van der Waals surface area contributed by atoms with Gasteiger partial charge in [0.15, 0.2) is 22.7 Å². The lowest BCUT2D eigenvalue weighted by Gasteiger charge is -2.28. The Labute approximate surface area is 221 Å². The van der Waals surface area contributed by atoms with Gasteiger partial charge >= 0.3 is 11.3 Å². The summed E-state index contributed by atoms with van der Waals surface area (Å²) in [6, 6.07) is 36.8. The first-order valence-corrected chi connectivity index (χ1v) is 13.3. The zero-order valence-electron chi connectivity index (χ0n) is 20.6. The van der Waals surface area contributed by atoms with E-state index in [0.29, 0.717) is 0 Å². The highest BCUT2D eigenvalue weighted by atomic mass is 16.5. The zero-order chi connectivity index (χ0) is 25.0. The molecule has 0 fully saturated rings. The lowest BCUT2D eigenvalue weighted by Crippen LogP contribution is -2.71. The van der Waals surface area contributed by atoms with Crippen LogP contribution >= 0.6 is 0 Å². The fourth-order valence-corrected chi connectivity index (χ4v) is 7.83. The van der Waals surface area contributed by atoms with Gasteiger partial charge in [-0.2, -0.15) is 4.40 Å². The highest BCUT2D eigenvalue weighted by molar-refractivity contribution is 6.16. The lowest BCUT2D eigenvalue weighted by molar-refractivity contribution is -0.940. The van der Waals surface area contributed by atoms with E-state index in [2.05, 4.69) is 123 Å². The van der Waals surface area contributed by atoms with E-state index in [9.17, 15) is 0 Å². The molecule has 0 radical (unpaired) electrons. The molecule has 1 atom stereocenters. The van der Waals surface area contributed by atoms with Gasteiger partial charge in [0.05, 0.1) is 16.5 Å². The molecule has 0 N–H and O–H groups in total. The number of hydrogen-bond donors (Lipinski definition) is 0. The number of ether oxygens (including phenoxy) is 1. The van der Waals surface area contributed by atoms with Crippen molar-refractivity contribution in [3.05, 3.63) is 120 Å². The monoisotopic (exact) mass is 498 g/mol. The number of aromatic nitrogens is 4. The maximum Gasteiger partial charge on any atom is 0.372 e. The van der Waals surface area contributed by atoms with Crippen LogP contribution in [0.5, 0.6) is 11.5 Å². The maximum absolute atomic E-state index is 6.72. The first kappa shape index (κ1) is 18.9. The van der Waals surface area contributed by atoms with Crippen LogP contribution in [0.4, 0.5) is 0 Å². The van der Waals surface area contributed by atoms with Crippen molar-refractivity contribution < 1.29 is 13.9 Å². The summed E-state index contributed by atoms with van der Waals surface area (Å²) >= 11 is 0. The Balaban J connectivity index is 1.52. The highest BCUT2D eigenvalue weighted by Gasteiger charge is 2.68. The zero-order valence-corrected chi connectivity index (χ0v) is 20.6. The smallest absolute Gasteiger partial charge is 0.372 e. The van der Waals surface area contributed by atoms with Gasteiger partial charge in [0.1, 0.15) is 28.1 Å². The Morgan fingerprint density at radius 3 is 2.62 bits per heavy atom. The number of para-hydroxylation sites is 3. The molecular weight excluding hydrogens is 480 g/mol. The van der Waals surface area contributed by atoms with Gasteiger partial charge in [0.2, 0.25) is 5.69 Å². The van der Waals surface area contributed by atoms with E-state index in [4.69, 9.17) is 9.72 Å². The summed E-state index contributed by atoms with van der Waals surface area (Å²) in [5, 5.41) is 3.51. The van der Waals surface area contributed by atoms with E-state index in [-0.39, 0.29) is 0 Å². The average molecular weight is 499 g/mol. The molecular formula is C34H18N4O+2. The van der Waals surface area contributed by atoms with Crippen LogP contribution in [0.15, 0.2) is 109 Å². The fourth-order valence-electron chi connectivity index (χ4n) is 7.83. The van der Waals surface area contributed by atoms with Gasteiger partial charge in [-0.25, -0.2) is 4.98 Å². The van der Waals surface area contributed by atoms with Crippen LogP contribution in [0.1, 0.15) is 11.1 Å². The lowest BCUT2D eigenvalue weighted by atomic mass is 9.86. The minimum absolute atomic E-state index is 0.594. The van der Waals surface area contributed by atoms with Crippen molar-refractivity contribution >= 4 is 49.4 Å². The van der Waals surface area contributed by atoms with Gasteiger partial charge in [-0.05, 0) is 54.6 Å². The molecule has 1 spiro atoms. The molecule has 0 amide bonds. The van der Waals surface area contributed by atoms with Crippen molar-refractivity contribution in [2.24, 2.45) is 0 Å². The summed E-state index contributed by atoms with van der Waals surface area (Å²) in [4.78, 5) is 5.28. The minimum atomic E-state index is -0.594. The third-order valence-electron chi connectivity index (χ3n) is 9.13. The number of nitrogens with zero attached hydrogens (tertiary/aromatic N) is 4. The first-order valence-electron chi connectivity index (χ1n) is 13.3. The molecule has 0 saturated heterocycles. The van der Waals surface area contributed by atoms with Gasteiger partial charge in [-0.3, -0.25) is 0 Å². The second kappa shape index (κ2) is 5.89. The van der Waals surface area contributed by atoms with E-state index in [1.54, 1.807) is 0 Å². The summed E-state index contributed by atoms with van der Waals surface area (Å²) in [6.45, 7) is 0. The van der Waals surface area contributed by atoms with Crippen molar-refractivity contribution in [3.8, 4) is 22.8 Å². The number of benzene rings is 4. The number of hydrogen-bond acceptors (Lipinski definition) is 2. The summed E-state index contributed by atoms with van der Waals surface area (Å²) in [7, 11) is 0. The van der Waals surface area contributed by atoms with E-state index < -0.39 is 5.66 Å². The highest BCUT2D eigenvalue weighted by Crippen LogP contribution is 2.57. The predicted molar refractivity (Wildman–Crippen MR) is 149 cm³/mol. The Kier molecular flexibility index (Phi) is 2.85. The molecule has 178 valence electrons.